The Morgan fingerprint density at radius 2 is 1.85 bits per heavy atom. The number of primary amides is 1. The highest BCUT2D eigenvalue weighted by molar-refractivity contribution is 5.92. The van der Waals surface area contributed by atoms with E-state index in [4.69, 9.17) is 10.5 Å². The highest BCUT2D eigenvalue weighted by atomic mass is 16.5. The molecular formula is C21H29N3O2. The van der Waals surface area contributed by atoms with Crippen LogP contribution in [-0.2, 0) is 6.54 Å². The molecule has 0 radical (unpaired) electrons. The van der Waals surface area contributed by atoms with Gasteiger partial charge in [-0.3, -0.25) is 9.69 Å². The van der Waals surface area contributed by atoms with Gasteiger partial charge in [0.15, 0.2) is 0 Å². The minimum absolute atomic E-state index is 0.367. The Bertz CT molecular complexity index is 669. The molecule has 2 N–H and O–H groups in total. The van der Waals surface area contributed by atoms with Crippen molar-refractivity contribution in [2.75, 3.05) is 13.1 Å². The summed E-state index contributed by atoms with van der Waals surface area (Å²) in [5, 5.41) is 0. The van der Waals surface area contributed by atoms with Crippen LogP contribution in [0, 0.1) is 0 Å². The monoisotopic (exact) mass is 355 g/mol. The number of carbonyl (C=O) groups excluding carboxylic acids is 1. The average Bonchev–Trinajstić information content (AvgIpc) is 2.66. The fourth-order valence-corrected chi connectivity index (χ4v) is 2.74. The summed E-state index contributed by atoms with van der Waals surface area (Å²) in [6, 6.07) is 11.3. The van der Waals surface area contributed by atoms with Crippen molar-refractivity contribution in [1.29, 1.82) is 0 Å². The maximum atomic E-state index is 11.1. The second-order valence-corrected chi connectivity index (χ2v) is 6.42. The maximum absolute atomic E-state index is 11.1. The molecule has 2 rings (SSSR count). The summed E-state index contributed by atoms with van der Waals surface area (Å²) in [7, 11) is 0. The standard InChI is InChI=1S/C21H29N3O2/c1-3-5-6-7-14-24(4-2)16-17-8-11-19(12-9-17)26-20-13-10-18(15-23-20)21(22)25/h8-13,15H,3-7,14,16H2,1-2H3,(H2,22,25). The van der Waals surface area contributed by atoms with Crippen LogP contribution in [-0.4, -0.2) is 28.9 Å². The molecule has 0 spiro atoms. The van der Waals surface area contributed by atoms with E-state index in [9.17, 15) is 4.79 Å². The smallest absolute Gasteiger partial charge is 0.250 e. The summed E-state index contributed by atoms with van der Waals surface area (Å²) in [4.78, 5) is 17.6. The van der Waals surface area contributed by atoms with Crippen LogP contribution in [0.2, 0.25) is 0 Å². The normalized spacial score (nSPS) is 10.9. The fraction of sp³-hybridized carbons (Fsp3) is 0.429. The van der Waals surface area contributed by atoms with Crippen molar-refractivity contribution in [2.45, 2.75) is 46.1 Å². The number of ether oxygens (including phenoxy) is 1. The molecule has 0 aliphatic rings. The summed E-state index contributed by atoms with van der Waals surface area (Å²) in [6.45, 7) is 7.60. The Labute approximate surface area is 156 Å². The molecule has 0 aliphatic heterocycles. The molecule has 0 unspecified atom stereocenters. The Balaban J connectivity index is 1.87. The summed E-state index contributed by atoms with van der Waals surface area (Å²) in [6.07, 6.45) is 6.58. The van der Waals surface area contributed by atoms with Gasteiger partial charge in [-0.2, -0.15) is 0 Å². The Morgan fingerprint density at radius 1 is 1.08 bits per heavy atom. The van der Waals surface area contributed by atoms with Crippen LogP contribution < -0.4 is 10.5 Å². The minimum Gasteiger partial charge on any atom is -0.439 e. The fourth-order valence-electron chi connectivity index (χ4n) is 2.74. The molecule has 0 aliphatic carbocycles. The third kappa shape index (κ3) is 6.48. The van der Waals surface area contributed by atoms with E-state index in [1.54, 1.807) is 12.1 Å². The molecule has 1 aromatic carbocycles. The largest absolute Gasteiger partial charge is 0.439 e. The number of benzene rings is 1. The van der Waals surface area contributed by atoms with Crippen molar-refractivity contribution in [1.82, 2.24) is 9.88 Å². The Kier molecular flexibility index (Phi) is 8.09. The van der Waals surface area contributed by atoms with Crippen LogP contribution in [0.5, 0.6) is 11.6 Å². The number of hydrogen-bond acceptors (Lipinski definition) is 4. The summed E-state index contributed by atoms with van der Waals surface area (Å²) >= 11 is 0. The molecule has 1 heterocycles. The molecule has 26 heavy (non-hydrogen) atoms. The van der Waals surface area contributed by atoms with E-state index in [-0.39, 0.29) is 0 Å². The summed E-state index contributed by atoms with van der Waals surface area (Å²) < 4.78 is 5.71. The zero-order valence-electron chi connectivity index (χ0n) is 15.8. The van der Waals surface area contributed by atoms with Crippen molar-refractivity contribution >= 4 is 5.91 Å². The van der Waals surface area contributed by atoms with Crippen LogP contribution in [0.15, 0.2) is 42.6 Å². The number of carbonyl (C=O) groups is 1. The quantitative estimate of drug-likeness (QED) is 0.608. The molecule has 0 fully saturated rings. The number of aromatic nitrogens is 1. The van der Waals surface area contributed by atoms with E-state index in [1.807, 2.05) is 12.1 Å². The van der Waals surface area contributed by atoms with Crippen molar-refractivity contribution in [3.63, 3.8) is 0 Å². The van der Waals surface area contributed by atoms with E-state index >= 15 is 0 Å². The van der Waals surface area contributed by atoms with Crippen LogP contribution in [0.3, 0.4) is 0 Å². The number of rotatable bonds is 11. The van der Waals surface area contributed by atoms with E-state index in [0.29, 0.717) is 11.4 Å². The van der Waals surface area contributed by atoms with Gasteiger partial charge in [0, 0.05) is 18.8 Å². The molecule has 1 aromatic heterocycles. The van der Waals surface area contributed by atoms with Crippen molar-refractivity contribution in [3.05, 3.63) is 53.7 Å². The van der Waals surface area contributed by atoms with Crippen LogP contribution in [0.25, 0.3) is 0 Å². The second kappa shape index (κ2) is 10.6. The molecule has 5 heteroatoms. The number of amides is 1. The average molecular weight is 355 g/mol. The first kappa shape index (κ1) is 19.9. The van der Waals surface area contributed by atoms with Gasteiger partial charge in [-0.1, -0.05) is 45.2 Å². The zero-order valence-corrected chi connectivity index (χ0v) is 15.8. The van der Waals surface area contributed by atoms with Gasteiger partial charge in [0.05, 0.1) is 5.56 Å². The van der Waals surface area contributed by atoms with E-state index < -0.39 is 5.91 Å². The van der Waals surface area contributed by atoms with Gasteiger partial charge < -0.3 is 10.5 Å². The number of nitrogens with two attached hydrogens (primary N) is 1. The van der Waals surface area contributed by atoms with Crippen molar-refractivity contribution in [3.8, 4) is 11.6 Å². The first-order valence-electron chi connectivity index (χ1n) is 9.37. The third-order valence-corrected chi connectivity index (χ3v) is 4.35. The van der Waals surface area contributed by atoms with Crippen LogP contribution in [0.4, 0.5) is 0 Å². The molecule has 0 bridgehead atoms. The minimum atomic E-state index is -0.497. The lowest BCUT2D eigenvalue weighted by Crippen LogP contribution is -2.23. The number of unbranched alkanes of at least 4 members (excludes halogenated alkanes) is 3. The number of pyridine rings is 1. The summed E-state index contributed by atoms with van der Waals surface area (Å²) in [5.74, 6) is 0.663. The van der Waals surface area contributed by atoms with Gasteiger partial charge in [-0.25, -0.2) is 4.98 Å². The van der Waals surface area contributed by atoms with Crippen molar-refractivity contribution in [2.24, 2.45) is 5.73 Å². The van der Waals surface area contributed by atoms with Gasteiger partial charge in [-0.05, 0) is 43.3 Å². The molecule has 0 saturated carbocycles. The van der Waals surface area contributed by atoms with Gasteiger partial charge in [0.1, 0.15) is 5.75 Å². The molecular weight excluding hydrogens is 326 g/mol. The van der Waals surface area contributed by atoms with Crippen LogP contribution >= 0.6 is 0 Å². The number of hydrogen-bond donors (Lipinski definition) is 1. The Morgan fingerprint density at radius 3 is 2.42 bits per heavy atom. The highest BCUT2D eigenvalue weighted by Crippen LogP contribution is 2.20. The SMILES string of the molecule is CCCCCCN(CC)Cc1ccc(Oc2ccc(C(N)=O)cn2)cc1. The predicted octanol–water partition coefficient (Wildman–Crippen LogP) is 4.38. The van der Waals surface area contributed by atoms with Gasteiger partial charge in [-0.15, -0.1) is 0 Å². The molecule has 5 nitrogen and oxygen atoms in total. The zero-order chi connectivity index (χ0) is 18.8. The molecule has 140 valence electrons. The Hall–Kier alpha value is -2.40. The van der Waals surface area contributed by atoms with E-state index in [2.05, 4.69) is 35.9 Å². The van der Waals surface area contributed by atoms with Gasteiger partial charge in [0.25, 0.3) is 0 Å². The highest BCUT2D eigenvalue weighted by Gasteiger charge is 2.06. The lowest BCUT2D eigenvalue weighted by Gasteiger charge is -2.20. The van der Waals surface area contributed by atoms with E-state index in [0.717, 1.165) is 25.4 Å². The first-order valence-corrected chi connectivity index (χ1v) is 9.37. The predicted molar refractivity (Wildman–Crippen MR) is 104 cm³/mol. The van der Waals surface area contributed by atoms with Gasteiger partial charge >= 0.3 is 0 Å². The van der Waals surface area contributed by atoms with Crippen LogP contribution in [0.1, 0.15) is 55.5 Å². The second-order valence-electron chi connectivity index (χ2n) is 6.42. The third-order valence-electron chi connectivity index (χ3n) is 4.35. The van der Waals surface area contributed by atoms with Crippen molar-refractivity contribution < 1.29 is 9.53 Å². The lowest BCUT2D eigenvalue weighted by atomic mass is 10.1. The van der Waals surface area contributed by atoms with E-state index in [1.165, 1.54) is 37.4 Å². The first-order chi connectivity index (χ1) is 12.6. The van der Waals surface area contributed by atoms with Gasteiger partial charge in [0.2, 0.25) is 11.8 Å². The molecule has 0 saturated heterocycles. The topological polar surface area (TPSA) is 68.5 Å². The lowest BCUT2D eigenvalue weighted by molar-refractivity contribution is 0.1000. The molecule has 1 amide bonds. The molecule has 2 aromatic rings. The molecule has 0 atom stereocenters. The number of nitrogens with zero attached hydrogens (tertiary/aromatic N) is 2. The maximum Gasteiger partial charge on any atom is 0.250 e. The summed E-state index contributed by atoms with van der Waals surface area (Å²) in [5.41, 5.74) is 6.84.